The average Bonchev–Trinajstić information content (AvgIpc) is 3.20. The van der Waals surface area contributed by atoms with Crippen LogP contribution in [0, 0.1) is 0 Å². The Morgan fingerprint density at radius 3 is 1.89 bits per heavy atom. The summed E-state index contributed by atoms with van der Waals surface area (Å²) in [6.07, 6.45) is 6.83. The van der Waals surface area contributed by atoms with Crippen molar-refractivity contribution in [3.8, 4) is 34.5 Å². The van der Waals surface area contributed by atoms with E-state index in [4.69, 9.17) is 28.4 Å². The molecule has 1 heterocycles. The van der Waals surface area contributed by atoms with Gasteiger partial charge >= 0.3 is 0 Å². The summed E-state index contributed by atoms with van der Waals surface area (Å²) >= 11 is 0. The van der Waals surface area contributed by atoms with Crippen molar-refractivity contribution in [3.63, 3.8) is 0 Å². The van der Waals surface area contributed by atoms with Crippen LogP contribution in [0.3, 0.4) is 0 Å². The van der Waals surface area contributed by atoms with Crippen LogP contribution in [0.2, 0.25) is 0 Å². The molecule has 12 heteroatoms. The van der Waals surface area contributed by atoms with Gasteiger partial charge in [0, 0.05) is 16.8 Å². The van der Waals surface area contributed by atoms with Crippen LogP contribution in [-0.2, 0) is 19.8 Å². The SMILES string of the molecule is COc1ccc2c(c1)C(=O)NC(c1ccc(OCCCCCCOc3c(OC)cc(C=Cc4cc(CO)c(CO)c(OC)c4)cc3OC)c(CO)c1)N2. The maximum Gasteiger partial charge on any atom is 0.255 e. The topological polar surface area (TPSA) is 157 Å². The van der Waals surface area contributed by atoms with Gasteiger partial charge in [0.15, 0.2) is 11.5 Å². The van der Waals surface area contributed by atoms with Crippen LogP contribution in [-0.4, -0.2) is 62.9 Å². The highest BCUT2D eigenvalue weighted by Gasteiger charge is 2.26. The van der Waals surface area contributed by atoms with Crippen LogP contribution in [0.5, 0.6) is 34.5 Å². The Bertz CT molecular complexity index is 1840. The molecule has 4 aromatic rings. The van der Waals surface area contributed by atoms with E-state index < -0.39 is 6.17 Å². The second-order valence-corrected chi connectivity index (χ2v) is 12.4. The fraction of sp³-hybridized carbons (Fsp3) is 0.341. The minimum Gasteiger partial charge on any atom is -0.497 e. The predicted octanol–water partition coefficient (Wildman–Crippen LogP) is 6.24. The Hall–Kier alpha value is -5.43. The number of anilines is 1. The minimum atomic E-state index is -0.451. The van der Waals surface area contributed by atoms with Gasteiger partial charge in [0.1, 0.15) is 23.4 Å². The van der Waals surface area contributed by atoms with Crippen molar-refractivity contribution >= 4 is 23.7 Å². The lowest BCUT2D eigenvalue weighted by Gasteiger charge is -2.29. The molecule has 0 aromatic heterocycles. The van der Waals surface area contributed by atoms with Crippen molar-refractivity contribution < 1.29 is 48.5 Å². The van der Waals surface area contributed by atoms with Crippen molar-refractivity contribution in [2.75, 3.05) is 47.0 Å². The van der Waals surface area contributed by atoms with Gasteiger partial charge in [-0.05, 0) is 103 Å². The van der Waals surface area contributed by atoms with E-state index >= 15 is 0 Å². The smallest absolute Gasteiger partial charge is 0.255 e. The summed E-state index contributed by atoms with van der Waals surface area (Å²) in [4.78, 5) is 12.8. The molecule has 12 nitrogen and oxygen atoms in total. The number of nitrogens with one attached hydrogen (secondary N) is 2. The Kier molecular flexibility index (Phi) is 13.8. The molecule has 0 saturated heterocycles. The maximum atomic E-state index is 12.8. The van der Waals surface area contributed by atoms with Crippen LogP contribution >= 0.6 is 0 Å². The first-order valence-corrected chi connectivity index (χ1v) is 17.5. The van der Waals surface area contributed by atoms with E-state index in [1.807, 2.05) is 54.6 Å². The molecule has 282 valence electrons. The fourth-order valence-corrected chi connectivity index (χ4v) is 6.15. The first kappa shape index (κ1) is 38.8. The number of hydrogen-bond donors (Lipinski definition) is 5. The van der Waals surface area contributed by atoms with Crippen LogP contribution in [0.1, 0.15) is 75.6 Å². The molecule has 1 atom stereocenters. The molecule has 0 radical (unpaired) electrons. The number of hydrogen-bond acceptors (Lipinski definition) is 11. The number of aliphatic hydroxyl groups excluding tert-OH is 3. The Balaban J connectivity index is 1.09. The summed E-state index contributed by atoms with van der Waals surface area (Å²) in [6.45, 7) is 0.331. The second-order valence-electron chi connectivity index (χ2n) is 12.4. The van der Waals surface area contributed by atoms with Crippen LogP contribution in [0.15, 0.2) is 60.7 Å². The van der Waals surface area contributed by atoms with Gasteiger partial charge in [-0.15, -0.1) is 0 Å². The van der Waals surface area contributed by atoms with E-state index in [0.29, 0.717) is 75.7 Å². The molecular weight excluding hydrogens is 680 g/mol. The third-order valence-corrected chi connectivity index (χ3v) is 9.00. The molecule has 0 bridgehead atoms. The normalized spacial score (nSPS) is 13.6. The summed E-state index contributed by atoms with van der Waals surface area (Å²) < 4.78 is 34.1. The predicted molar refractivity (Wildman–Crippen MR) is 202 cm³/mol. The number of rotatable bonds is 19. The van der Waals surface area contributed by atoms with Crippen LogP contribution in [0.25, 0.3) is 12.2 Å². The molecule has 1 amide bonds. The number of ether oxygens (including phenoxy) is 6. The van der Waals surface area contributed by atoms with E-state index in [-0.39, 0.29) is 25.7 Å². The van der Waals surface area contributed by atoms with Crippen molar-refractivity contribution in [3.05, 3.63) is 99.6 Å². The van der Waals surface area contributed by atoms with Crippen molar-refractivity contribution in [1.82, 2.24) is 5.32 Å². The monoisotopic (exact) mass is 728 g/mol. The Labute approximate surface area is 309 Å². The quantitative estimate of drug-likeness (QED) is 0.0550. The highest BCUT2D eigenvalue weighted by molar-refractivity contribution is 6.02. The molecular formula is C41H48N2O10. The number of methoxy groups -OCH3 is 4. The van der Waals surface area contributed by atoms with E-state index in [0.717, 1.165) is 42.4 Å². The van der Waals surface area contributed by atoms with Crippen molar-refractivity contribution in [1.29, 1.82) is 0 Å². The van der Waals surface area contributed by atoms with Gasteiger partial charge in [-0.2, -0.15) is 0 Å². The van der Waals surface area contributed by atoms with Crippen LogP contribution in [0.4, 0.5) is 5.69 Å². The number of aliphatic hydroxyl groups is 3. The maximum absolute atomic E-state index is 12.8. The first-order chi connectivity index (χ1) is 25.8. The zero-order chi connectivity index (χ0) is 37.7. The molecule has 0 aliphatic carbocycles. The van der Waals surface area contributed by atoms with Gasteiger partial charge in [0.25, 0.3) is 5.91 Å². The molecule has 5 rings (SSSR count). The van der Waals surface area contributed by atoms with Gasteiger partial charge in [0.2, 0.25) is 5.75 Å². The number of fused-ring (bicyclic) bond motifs is 1. The van der Waals surface area contributed by atoms with E-state index in [1.165, 1.54) is 7.11 Å². The molecule has 0 spiro atoms. The van der Waals surface area contributed by atoms with E-state index in [9.17, 15) is 20.1 Å². The summed E-state index contributed by atoms with van der Waals surface area (Å²) in [5.74, 6) is 3.13. The lowest BCUT2D eigenvalue weighted by Crippen LogP contribution is -2.38. The molecule has 1 unspecified atom stereocenters. The number of carbonyl (C=O) groups excluding carboxylic acids is 1. The van der Waals surface area contributed by atoms with E-state index in [2.05, 4.69) is 10.6 Å². The van der Waals surface area contributed by atoms with Crippen molar-refractivity contribution in [2.24, 2.45) is 0 Å². The molecule has 4 aromatic carbocycles. The fourth-order valence-electron chi connectivity index (χ4n) is 6.15. The highest BCUT2D eigenvalue weighted by atomic mass is 16.5. The molecule has 1 aliphatic rings. The number of benzene rings is 4. The zero-order valence-corrected chi connectivity index (χ0v) is 30.6. The van der Waals surface area contributed by atoms with Crippen molar-refractivity contribution in [2.45, 2.75) is 51.7 Å². The van der Waals surface area contributed by atoms with Gasteiger partial charge in [0.05, 0.1) is 67.0 Å². The lowest BCUT2D eigenvalue weighted by atomic mass is 10.0. The third kappa shape index (κ3) is 9.52. The van der Waals surface area contributed by atoms with E-state index in [1.54, 1.807) is 39.5 Å². The van der Waals surface area contributed by atoms with Gasteiger partial charge in [-0.3, -0.25) is 4.79 Å². The average molecular weight is 729 g/mol. The first-order valence-electron chi connectivity index (χ1n) is 17.5. The van der Waals surface area contributed by atoms with Gasteiger partial charge in [-0.1, -0.05) is 18.2 Å². The summed E-state index contributed by atoms with van der Waals surface area (Å²) in [5, 5.41) is 35.8. The molecule has 5 N–H and O–H groups in total. The number of carbonyl (C=O) groups is 1. The highest BCUT2D eigenvalue weighted by Crippen LogP contribution is 2.39. The lowest BCUT2D eigenvalue weighted by molar-refractivity contribution is 0.0935. The molecule has 53 heavy (non-hydrogen) atoms. The Morgan fingerprint density at radius 2 is 1.26 bits per heavy atom. The standard InChI is InChI=1S/C41H48N2O10/c1-48-31-12-13-34-32(22-31)41(47)43-40(42-34)28-11-14-35(30(21-28)24-45)52-15-7-5-6-8-16-53-39-37(50-3)19-27(20-38(39)51-4)10-9-26-17-29(23-44)33(25-46)36(18-26)49-2/h9-14,17-22,40,42,44-46H,5-8,15-16,23-25H2,1-4H3,(H,43,47). The van der Waals surface area contributed by atoms with Gasteiger partial charge in [-0.25, -0.2) is 0 Å². The largest absolute Gasteiger partial charge is 0.497 e. The molecule has 0 saturated carbocycles. The number of amides is 1. The van der Waals surface area contributed by atoms with Crippen LogP contribution < -0.4 is 39.1 Å². The minimum absolute atomic E-state index is 0.195. The third-order valence-electron chi connectivity index (χ3n) is 9.00. The van der Waals surface area contributed by atoms with Gasteiger partial charge < -0.3 is 54.4 Å². The number of unbranched alkanes of at least 4 members (excludes halogenated alkanes) is 3. The molecule has 0 fully saturated rings. The summed E-state index contributed by atoms with van der Waals surface area (Å²) in [6, 6.07) is 18.2. The second kappa shape index (κ2) is 18.9. The molecule has 1 aliphatic heterocycles. The summed E-state index contributed by atoms with van der Waals surface area (Å²) in [5.41, 5.74) is 5.45. The zero-order valence-electron chi connectivity index (χ0n) is 30.6. The summed E-state index contributed by atoms with van der Waals surface area (Å²) in [7, 11) is 6.25. The Morgan fingerprint density at radius 1 is 0.623 bits per heavy atom.